The van der Waals surface area contributed by atoms with Crippen molar-refractivity contribution in [2.24, 2.45) is 5.73 Å². The normalized spacial score (nSPS) is 12.6. The third-order valence-corrected chi connectivity index (χ3v) is 6.79. The highest BCUT2D eigenvalue weighted by molar-refractivity contribution is 6.30. The number of anilines is 2. The van der Waals surface area contributed by atoms with E-state index in [0.717, 1.165) is 12.8 Å². The molecular weight excluding hydrogens is 555 g/mol. The molecule has 5 amide bonds. The van der Waals surface area contributed by atoms with E-state index in [9.17, 15) is 23.6 Å². The number of hydrogen-bond acceptors (Lipinski definition) is 5. The monoisotopic (exact) mass is 580 g/mol. The minimum Gasteiger partial charge on any atom is -0.364 e. The minimum absolute atomic E-state index is 0.0453. The molecule has 1 aliphatic rings. The Morgan fingerprint density at radius 1 is 1.12 bits per heavy atom. The number of urea groups is 1. The summed E-state index contributed by atoms with van der Waals surface area (Å²) in [6, 6.07) is 12.1. The van der Waals surface area contributed by atoms with E-state index >= 15 is 0 Å². The zero-order chi connectivity index (χ0) is 29.1. The Kier molecular flexibility index (Phi) is 7.88. The molecule has 0 spiro atoms. The molecule has 4 aromatic rings. The van der Waals surface area contributed by atoms with Gasteiger partial charge in [-0.25, -0.2) is 9.18 Å². The van der Waals surface area contributed by atoms with Crippen LogP contribution in [0.4, 0.5) is 20.7 Å². The Bertz CT molecular complexity index is 1630. The average Bonchev–Trinajstić information content (AvgIpc) is 3.53. The van der Waals surface area contributed by atoms with Gasteiger partial charge in [0.2, 0.25) is 11.8 Å². The van der Waals surface area contributed by atoms with Gasteiger partial charge in [-0.05, 0) is 49.2 Å². The van der Waals surface area contributed by atoms with E-state index in [0.29, 0.717) is 22.4 Å². The largest absolute Gasteiger partial charge is 0.364 e. The van der Waals surface area contributed by atoms with Gasteiger partial charge < -0.3 is 26.3 Å². The number of rotatable bonds is 10. The molecule has 41 heavy (non-hydrogen) atoms. The number of benzene rings is 2. The first-order valence-corrected chi connectivity index (χ1v) is 13.1. The Morgan fingerprint density at radius 2 is 1.93 bits per heavy atom. The topological polar surface area (TPSA) is 167 Å². The maximum Gasteiger partial charge on any atom is 0.324 e. The van der Waals surface area contributed by atoms with Crippen LogP contribution in [0, 0.1) is 5.82 Å². The van der Waals surface area contributed by atoms with Crippen LogP contribution in [0.5, 0.6) is 0 Å². The van der Waals surface area contributed by atoms with Crippen molar-refractivity contribution in [2.75, 3.05) is 17.2 Å². The Labute approximate surface area is 238 Å². The van der Waals surface area contributed by atoms with Gasteiger partial charge in [0.15, 0.2) is 5.69 Å². The smallest absolute Gasteiger partial charge is 0.324 e. The Balaban J connectivity index is 1.28. The van der Waals surface area contributed by atoms with Crippen LogP contribution in [0.15, 0.2) is 54.7 Å². The van der Waals surface area contributed by atoms with Crippen LogP contribution >= 0.6 is 11.6 Å². The number of hydrogen-bond donors (Lipinski definition) is 5. The van der Waals surface area contributed by atoms with Crippen molar-refractivity contribution in [1.29, 1.82) is 0 Å². The van der Waals surface area contributed by atoms with Gasteiger partial charge in [0, 0.05) is 35.4 Å². The molecule has 12 nitrogen and oxygen atoms in total. The van der Waals surface area contributed by atoms with Gasteiger partial charge >= 0.3 is 6.03 Å². The Hall–Kier alpha value is -4.91. The average molecular weight is 581 g/mol. The van der Waals surface area contributed by atoms with Gasteiger partial charge in [-0.2, -0.15) is 5.10 Å². The summed E-state index contributed by atoms with van der Waals surface area (Å²) in [7, 11) is 0. The molecule has 1 aliphatic carbocycles. The molecule has 2 aromatic heterocycles. The van der Waals surface area contributed by atoms with Crippen molar-refractivity contribution in [2.45, 2.75) is 32.0 Å². The lowest BCUT2D eigenvalue weighted by molar-refractivity contribution is -0.137. The van der Waals surface area contributed by atoms with Crippen molar-refractivity contribution in [3.8, 4) is 0 Å². The predicted octanol–water partition coefficient (Wildman–Crippen LogP) is 3.21. The lowest BCUT2D eigenvalue weighted by Crippen LogP contribution is -2.43. The molecule has 0 aliphatic heterocycles. The molecule has 1 saturated carbocycles. The van der Waals surface area contributed by atoms with E-state index in [2.05, 4.69) is 26.0 Å². The molecule has 0 unspecified atom stereocenters. The van der Waals surface area contributed by atoms with Gasteiger partial charge in [-0.1, -0.05) is 23.7 Å². The highest BCUT2D eigenvalue weighted by Gasteiger charge is 2.34. The summed E-state index contributed by atoms with van der Waals surface area (Å²) in [6.45, 7) is -0.558. The number of fused-ring (bicyclic) bond motifs is 1. The van der Waals surface area contributed by atoms with Crippen LogP contribution in [-0.4, -0.2) is 56.0 Å². The quantitative estimate of drug-likeness (QED) is 0.194. The molecule has 2 heterocycles. The second kappa shape index (κ2) is 11.7. The molecule has 0 saturated heterocycles. The van der Waals surface area contributed by atoms with Crippen LogP contribution in [0.3, 0.4) is 0 Å². The van der Waals surface area contributed by atoms with Gasteiger partial charge in [0.05, 0.1) is 17.1 Å². The van der Waals surface area contributed by atoms with Crippen molar-refractivity contribution in [3.05, 3.63) is 76.8 Å². The van der Waals surface area contributed by atoms with Gasteiger partial charge in [-0.3, -0.25) is 24.4 Å². The first-order valence-electron chi connectivity index (χ1n) is 12.7. The van der Waals surface area contributed by atoms with E-state index in [1.807, 2.05) is 0 Å². The molecule has 212 valence electrons. The van der Waals surface area contributed by atoms with Crippen LogP contribution < -0.4 is 21.7 Å². The zero-order valence-electron chi connectivity index (χ0n) is 21.6. The summed E-state index contributed by atoms with van der Waals surface area (Å²) in [6.07, 6.45) is 3.15. The molecule has 6 N–H and O–H groups in total. The molecule has 0 radical (unpaired) electrons. The molecule has 1 fully saturated rings. The first kappa shape index (κ1) is 27.6. The lowest BCUT2D eigenvalue weighted by atomic mass is 10.2. The van der Waals surface area contributed by atoms with Crippen LogP contribution in [-0.2, 0) is 22.7 Å². The standard InChI is InChI=1S/C27H26ClFN8O4/c28-19-4-1-3-15(24(19)29)12-32-22(38)13-36(17-7-8-17)23(39)14-37-20-9-6-16(11-18(20)25(35-37)26(30)40)33-27(41)34-21-5-2-10-31-21/h1-6,9-11,17,31H,7-8,12-14H2,(H2,30,40)(H,32,38)(H2,33,34,41). The molecule has 0 bridgehead atoms. The highest BCUT2D eigenvalue weighted by atomic mass is 35.5. The van der Waals surface area contributed by atoms with E-state index in [1.165, 1.54) is 21.7 Å². The number of amides is 5. The molecular formula is C27H26ClFN8O4. The number of halogens is 2. The third-order valence-electron chi connectivity index (χ3n) is 6.50. The Morgan fingerprint density at radius 3 is 2.63 bits per heavy atom. The van der Waals surface area contributed by atoms with Crippen molar-refractivity contribution < 1.29 is 23.6 Å². The molecule has 0 atom stereocenters. The number of aromatic amines is 1. The fraction of sp³-hybridized carbons (Fsp3) is 0.222. The van der Waals surface area contributed by atoms with E-state index < -0.39 is 23.7 Å². The number of carbonyl (C=O) groups is 4. The molecule has 14 heteroatoms. The van der Waals surface area contributed by atoms with Gasteiger partial charge in [-0.15, -0.1) is 0 Å². The molecule has 2 aromatic carbocycles. The van der Waals surface area contributed by atoms with Crippen LogP contribution in [0.1, 0.15) is 28.9 Å². The van der Waals surface area contributed by atoms with Crippen LogP contribution in [0.2, 0.25) is 5.02 Å². The summed E-state index contributed by atoms with van der Waals surface area (Å²) >= 11 is 5.80. The summed E-state index contributed by atoms with van der Waals surface area (Å²) in [4.78, 5) is 54.7. The first-order chi connectivity index (χ1) is 19.7. The zero-order valence-corrected chi connectivity index (χ0v) is 22.4. The number of nitrogens with one attached hydrogen (secondary N) is 4. The van der Waals surface area contributed by atoms with Gasteiger partial charge in [0.25, 0.3) is 5.91 Å². The number of nitrogens with two attached hydrogens (primary N) is 1. The van der Waals surface area contributed by atoms with Crippen molar-refractivity contribution >= 4 is 57.8 Å². The fourth-order valence-corrected chi connectivity index (χ4v) is 4.56. The lowest BCUT2D eigenvalue weighted by Gasteiger charge is -2.22. The number of nitrogens with zero attached hydrogens (tertiary/aromatic N) is 3. The van der Waals surface area contributed by atoms with Crippen molar-refractivity contribution in [3.63, 3.8) is 0 Å². The predicted molar refractivity (Wildman–Crippen MR) is 150 cm³/mol. The van der Waals surface area contributed by atoms with Crippen molar-refractivity contribution in [1.82, 2.24) is 25.0 Å². The SMILES string of the molecule is NC(=O)c1nn(CC(=O)N(CC(=O)NCc2cccc(Cl)c2F)C2CC2)c2ccc(NC(=O)Nc3ccc[nH]3)cc12. The number of H-pyrrole nitrogens is 1. The third kappa shape index (κ3) is 6.47. The van der Waals surface area contributed by atoms with Gasteiger partial charge in [0.1, 0.15) is 18.2 Å². The minimum atomic E-state index is -0.805. The number of aromatic nitrogens is 3. The maximum atomic E-state index is 14.2. The second-order valence-electron chi connectivity index (χ2n) is 9.51. The van der Waals surface area contributed by atoms with E-state index in [-0.39, 0.29) is 47.9 Å². The maximum absolute atomic E-state index is 14.2. The summed E-state index contributed by atoms with van der Waals surface area (Å²) in [5, 5.41) is 12.5. The van der Waals surface area contributed by atoms with E-state index in [4.69, 9.17) is 17.3 Å². The second-order valence-corrected chi connectivity index (χ2v) is 9.92. The summed E-state index contributed by atoms with van der Waals surface area (Å²) in [5.74, 6) is -1.76. The van der Waals surface area contributed by atoms with E-state index in [1.54, 1.807) is 42.6 Å². The number of carbonyl (C=O) groups excluding carboxylic acids is 4. The number of primary amides is 1. The molecule has 5 rings (SSSR count). The van der Waals surface area contributed by atoms with Crippen LogP contribution in [0.25, 0.3) is 10.9 Å². The summed E-state index contributed by atoms with van der Waals surface area (Å²) < 4.78 is 15.5. The fourth-order valence-electron chi connectivity index (χ4n) is 4.37. The summed E-state index contributed by atoms with van der Waals surface area (Å²) in [5.41, 5.74) is 6.53. The highest BCUT2D eigenvalue weighted by Crippen LogP contribution is 2.28.